The SMILES string of the molecule is CC1C2C(C)C3(C)C4(C)C1(C)C2(C)C1C(C)C2(C)C(C)(C1C)C4(C)C23C. The van der Waals surface area contributed by atoms with Gasteiger partial charge in [-0.15, -0.1) is 0 Å². The molecule has 6 fully saturated rings. The largest absolute Gasteiger partial charge is 0.0616 e. The Morgan fingerprint density at radius 3 is 1.15 bits per heavy atom. The first-order valence-corrected chi connectivity index (χ1v) is 11.6. The van der Waals surface area contributed by atoms with E-state index in [1.54, 1.807) is 0 Å². The first-order chi connectivity index (χ1) is 11.6. The maximum Gasteiger partial charge on any atom is -0.0134 e. The van der Waals surface area contributed by atoms with E-state index >= 15 is 0 Å². The van der Waals surface area contributed by atoms with Crippen molar-refractivity contribution >= 4 is 0 Å². The third-order valence-electron chi connectivity index (χ3n) is 16.6. The molecule has 0 amide bonds. The summed E-state index contributed by atoms with van der Waals surface area (Å²) in [6.45, 7) is 32.8. The van der Waals surface area contributed by atoms with Crippen LogP contribution in [0.15, 0.2) is 0 Å². The van der Waals surface area contributed by atoms with Crippen LogP contribution in [0.25, 0.3) is 0 Å². The molecule has 146 valence electrons. The van der Waals surface area contributed by atoms with Gasteiger partial charge in [-0.25, -0.2) is 0 Å². The Kier molecular flexibility index (Phi) is 2.15. The summed E-state index contributed by atoms with van der Waals surface area (Å²) in [5.41, 5.74) is 3.91. The van der Waals surface area contributed by atoms with Crippen LogP contribution in [0.1, 0.15) is 83.1 Å². The van der Waals surface area contributed by atoms with Crippen LogP contribution in [-0.4, -0.2) is 0 Å². The van der Waals surface area contributed by atoms with Gasteiger partial charge in [0, 0.05) is 0 Å². The predicted molar refractivity (Wildman–Crippen MR) is 108 cm³/mol. The minimum Gasteiger partial charge on any atom is -0.0616 e. The lowest BCUT2D eigenvalue weighted by atomic mass is 8.98. The van der Waals surface area contributed by atoms with Crippen molar-refractivity contribution in [2.45, 2.75) is 83.1 Å². The molecule has 6 aliphatic carbocycles. The van der Waals surface area contributed by atoms with Crippen LogP contribution in [-0.2, 0) is 0 Å². The van der Waals surface area contributed by atoms with Crippen LogP contribution in [0.2, 0.25) is 0 Å². The molecular weight excluding hydrogens is 312 g/mol. The van der Waals surface area contributed by atoms with Gasteiger partial charge in [0.25, 0.3) is 0 Å². The van der Waals surface area contributed by atoms with E-state index in [9.17, 15) is 0 Å². The maximum absolute atomic E-state index is 2.79. The summed E-state index contributed by atoms with van der Waals surface area (Å²) >= 11 is 0. The normalized spacial score (nSPS) is 85.4. The average Bonchev–Trinajstić information content (AvgIpc) is 2.74. The Labute approximate surface area is 162 Å². The van der Waals surface area contributed by atoms with Crippen LogP contribution >= 0.6 is 0 Å². The molecule has 0 nitrogen and oxygen atoms in total. The summed E-state index contributed by atoms with van der Waals surface area (Å²) in [5.74, 6) is 5.29. The molecule has 0 aromatic rings. The minimum atomic E-state index is 0.460. The van der Waals surface area contributed by atoms with Gasteiger partial charge in [-0.2, -0.15) is 0 Å². The smallest absolute Gasteiger partial charge is 0.0134 e. The van der Waals surface area contributed by atoms with Gasteiger partial charge in [0.1, 0.15) is 0 Å². The van der Waals surface area contributed by atoms with Gasteiger partial charge in [-0.3, -0.25) is 0 Å². The van der Waals surface area contributed by atoms with Crippen molar-refractivity contribution in [1.29, 1.82) is 0 Å². The van der Waals surface area contributed by atoms with Gasteiger partial charge in [-0.05, 0) is 78.8 Å². The lowest BCUT2D eigenvalue weighted by Gasteiger charge is -3.06. The van der Waals surface area contributed by atoms with Crippen molar-refractivity contribution in [3.05, 3.63) is 0 Å². The Morgan fingerprint density at radius 2 is 0.692 bits per heavy atom. The third kappa shape index (κ3) is 0.718. The van der Waals surface area contributed by atoms with Crippen molar-refractivity contribution < 1.29 is 0 Å². The first kappa shape index (κ1) is 16.9. The molecule has 6 saturated carbocycles. The molecular formula is C26H42. The second-order valence-electron chi connectivity index (χ2n) is 13.7. The summed E-state index contributed by atoms with van der Waals surface area (Å²) in [6.07, 6.45) is 0. The molecule has 26 heavy (non-hydrogen) atoms. The van der Waals surface area contributed by atoms with E-state index in [2.05, 4.69) is 83.1 Å². The Hall–Kier alpha value is 0. The van der Waals surface area contributed by atoms with Crippen molar-refractivity contribution in [3.63, 3.8) is 0 Å². The average molecular weight is 355 g/mol. The number of rotatable bonds is 0. The van der Waals surface area contributed by atoms with Crippen molar-refractivity contribution in [3.8, 4) is 0 Å². The van der Waals surface area contributed by atoms with Crippen LogP contribution in [0, 0.1) is 78.8 Å². The Bertz CT molecular complexity index is 788. The predicted octanol–water partition coefficient (Wildman–Crippen LogP) is 6.90. The van der Waals surface area contributed by atoms with Gasteiger partial charge in [0.05, 0.1) is 0 Å². The van der Waals surface area contributed by atoms with E-state index in [4.69, 9.17) is 0 Å². The van der Waals surface area contributed by atoms with Gasteiger partial charge < -0.3 is 0 Å². The van der Waals surface area contributed by atoms with E-state index in [0.29, 0.717) is 43.3 Å². The first-order valence-electron chi connectivity index (χ1n) is 11.6. The lowest BCUT2D eigenvalue weighted by molar-refractivity contribution is -0.595. The van der Waals surface area contributed by atoms with Crippen LogP contribution in [0.3, 0.4) is 0 Å². The van der Waals surface area contributed by atoms with Crippen LogP contribution in [0.4, 0.5) is 0 Å². The molecule has 0 radical (unpaired) electrons. The van der Waals surface area contributed by atoms with Crippen molar-refractivity contribution in [1.82, 2.24) is 0 Å². The highest BCUT2D eigenvalue weighted by Gasteiger charge is 3.08. The summed E-state index contributed by atoms with van der Waals surface area (Å²) in [5, 5.41) is 0. The Morgan fingerprint density at radius 1 is 0.385 bits per heavy atom. The molecule has 4 bridgehead atoms. The summed E-state index contributed by atoms with van der Waals surface area (Å²) in [7, 11) is 0. The van der Waals surface area contributed by atoms with Gasteiger partial charge >= 0.3 is 0 Å². The molecule has 6 rings (SSSR count). The molecule has 0 spiro atoms. The summed E-state index contributed by atoms with van der Waals surface area (Å²) < 4.78 is 0. The highest BCUT2D eigenvalue weighted by molar-refractivity contribution is 5.55. The standard InChI is InChI=1S/C26H42/c1-13-17-16(4)23(9)24(10)20(13,6)19(17,5)18-14(2)21(7)22(8,15(18)3)26(24,12)25(21,23)11/h13-18H,1-12H3. The Balaban J connectivity index is 1.84. The fraction of sp³-hybridized carbons (Fsp3) is 1.00. The number of hydrogen-bond donors (Lipinski definition) is 0. The van der Waals surface area contributed by atoms with E-state index in [1.807, 2.05) is 0 Å². The molecule has 0 saturated heterocycles. The number of fused-ring (bicyclic) bond motifs is 6. The maximum atomic E-state index is 2.79. The summed E-state index contributed by atoms with van der Waals surface area (Å²) in [4.78, 5) is 0. The molecule has 14 atom stereocenters. The third-order valence-corrected chi connectivity index (χ3v) is 16.6. The molecule has 0 heteroatoms. The van der Waals surface area contributed by atoms with Crippen molar-refractivity contribution in [2.75, 3.05) is 0 Å². The van der Waals surface area contributed by atoms with E-state index in [0.717, 1.165) is 35.5 Å². The quantitative estimate of drug-likeness (QED) is 0.444. The zero-order valence-corrected chi connectivity index (χ0v) is 19.5. The molecule has 0 aromatic carbocycles. The fourth-order valence-electron chi connectivity index (χ4n) is 15.6. The van der Waals surface area contributed by atoms with Gasteiger partial charge in [-0.1, -0.05) is 83.1 Å². The molecule has 0 aromatic heterocycles. The van der Waals surface area contributed by atoms with E-state index < -0.39 is 0 Å². The van der Waals surface area contributed by atoms with Gasteiger partial charge in [0.15, 0.2) is 0 Å². The number of hydrogen-bond acceptors (Lipinski definition) is 0. The molecule has 14 unspecified atom stereocenters. The highest BCUT2D eigenvalue weighted by atomic mass is 15.1. The molecule has 0 aliphatic heterocycles. The van der Waals surface area contributed by atoms with Crippen LogP contribution in [0.5, 0.6) is 0 Å². The zero-order chi connectivity index (χ0) is 19.5. The summed E-state index contributed by atoms with van der Waals surface area (Å²) in [6, 6.07) is 0. The van der Waals surface area contributed by atoms with Crippen molar-refractivity contribution in [2.24, 2.45) is 78.8 Å². The lowest BCUT2D eigenvalue weighted by Crippen LogP contribution is -3.02. The van der Waals surface area contributed by atoms with Crippen LogP contribution < -0.4 is 0 Å². The minimum absolute atomic E-state index is 0.460. The van der Waals surface area contributed by atoms with E-state index in [-0.39, 0.29) is 0 Å². The molecule has 0 heterocycles. The van der Waals surface area contributed by atoms with E-state index in [1.165, 1.54) is 0 Å². The topological polar surface area (TPSA) is 0 Å². The second kappa shape index (κ2) is 3.31. The van der Waals surface area contributed by atoms with Gasteiger partial charge in [0.2, 0.25) is 0 Å². The second-order valence-corrected chi connectivity index (χ2v) is 13.7. The highest BCUT2D eigenvalue weighted by Crippen LogP contribution is 3.12. The zero-order valence-electron chi connectivity index (χ0n) is 19.5. The molecule has 6 aliphatic rings. The fourth-order valence-corrected chi connectivity index (χ4v) is 15.6. The monoisotopic (exact) mass is 354 g/mol. The molecule has 0 N–H and O–H groups in total.